The molecular formula is C16H19FO4S. The lowest BCUT2D eigenvalue weighted by Gasteiger charge is -2.38. The number of carbonyl (C=O) groups is 1. The second-order valence-electron chi connectivity index (χ2n) is 6.14. The number of sulfone groups is 1. The zero-order valence-corrected chi connectivity index (χ0v) is 13.2. The summed E-state index contributed by atoms with van der Waals surface area (Å²) in [5, 5.41) is -0.845. The molecule has 0 amide bonds. The lowest BCUT2D eigenvalue weighted by Crippen LogP contribution is -2.45. The van der Waals surface area contributed by atoms with E-state index in [-0.39, 0.29) is 17.3 Å². The summed E-state index contributed by atoms with van der Waals surface area (Å²) in [7, 11) is -1.66. The first kappa shape index (κ1) is 15.5. The van der Waals surface area contributed by atoms with Gasteiger partial charge in [0.15, 0.2) is 15.6 Å². The van der Waals surface area contributed by atoms with Crippen molar-refractivity contribution in [2.45, 2.75) is 42.6 Å². The first-order chi connectivity index (χ1) is 10.4. The number of ether oxygens (including phenoxy) is 1. The van der Waals surface area contributed by atoms with Crippen LogP contribution in [0.15, 0.2) is 18.2 Å². The monoisotopic (exact) mass is 326 g/mol. The molecule has 2 bridgehead atoms. The van der Waals surface area contributed by atoms with Crippen LogP contribution in [-0.4, -0.2) is 31.8 Å². The normalized spacial score (nSPS) is 29.8. The molecule has 4 nitrogen and oxygen atoms in total. The molecule has 2 atom stereocenters. The largest absolute Gasteiger partial charge is 0.496 e. The summed E-state index contributed by atoms with van der Waals surface area (Å²) >= 11 is 0. The fourth-order valence-electron chi connectivity index (χ4n) is 3.72. The summed E-state index contributed by atoms with van der Waals surface area (Å²) in [6, 6.07) is 3.86. The number of halogens is 1. The Balaban J connectivity index is 1.90. The van der Waals surface area contributed by atoms with Crippen LogP contribution in [0, 0.1) is 11.7 Å². The van der Waals surface area contributed by atoms with Crippen LogP contribution in [0.25, 0.3) is 0 Å². The van der Waals surface area contributed by atoms with Gasteiger partial charge in [-0.05, 0) is 43.9 Å². The quantitative estimate of drug-likeness (QED) is 0.801. The molecule has 1 aromatic carbocycles. The molecule has 0 N–H and O–H groups in total. The Morgan fingerprint density at radius 1 is 1.23 bits per heavy atom. The van der Waals surface area contributed by atoms with Crippen LogP contribution in [0.1, 0.15) is 42.5 Å². The molecular weight excluding hydrogens is 307 g/mol. The van der Waals surface area contributed by atoms with Crippen molar-refractivity contribution in [2.24, 2.45) is 5.92 Å². The van der Waals surface area contributed by atoms with E-state index in [1.807, 2.05) is 0 Å². The number of fused-ring (bicyclic) bond motifs is 2. The van der Waals surface area contributed by atoms with Crippen LogP contribution in [0.4, 0.5) is 4.39 Å². The number of hydrogen-bond donors (Lipinski definition) is 0. The van der Waals surface area contributed by atoms with E-state index in [0.29, 0.717) is 31.4 Å². The number of hydrogen-bond acceptors (Lipinski definition) is 4. The van der Waals surface area contributed by atoms with Gasteiger partial charge in [0, 0.05) is 5.92 Å². The van der Waals surface area contributed by atoms with Gasteiger partial charge >= 0.3 is 0 Å². The first-order valence-electron chi connectivity index (χ1n) is 7.54. The van der Waals surface area contributed by atoms with Gasteiger partial charge in [-0.1, -0.05) is 6.42 Å². The maximum atomic E-state index is 13.5. The van der Waals surface area contributed by atoms with Gasteiger partial charge in [0.2, 0.25) is 0 Å². The van der Waals surface area contributed by atoms with Crippen molar-refractivity contribution in [1.82, 2.24) is 0 Å². The number of methoxy groups -OCH3 is 1. The van der Waals surface area contributed by atoms with Crippen molar-refractivity contribution in [3.05, 3.63) is 29.6 Å². The molecule has 2 saturated heterocycles. The van der Waals surface area contributed by atoms with Crippen LogP contribution in [0.5, 0.6) is 5.75 Å². The lowest BCUT2D eigenvalue weighted by atomic mass is 9.84. The molecule has 0 aliphatic carbocycles. The van der Waals surface area contributed by atoms with E-state index in [9.17, 15) is 17.6 Å². The van der Waals surface area contributed by atoms with E-state index in [0.717, 1.165) is 6.42 Å². The molecule has 6 heteroatoms. The molecule has 120 valence electrons. The maximum Gasteiger partial charge on any atom is 0.169 e. The maximum absolute atomic E-state index is 13.5. The average Bonchev–Trinajstić information content (AvgIpc) is 2.45. The molecule has 3 rings (SSSR count). The SMILES string of the molecule is COc1ccc(F)cc1C(=O)C1CC2CCCC(C1)S2(=O)=O. The van der Waals surface area contributed by atoms with Gasteiger partial charge < -0.3 is 4.74 Å². The molecule has 0 aromatic heterocycles. The Morgan fingerprint density at radius 3 is 2.45 bits per heavy atom. The molecule has 1 aromatic rings. The number of benzene rings is 1. The average molecular weight is 326 g/mol. The standard InChI is InChI=1S/C16H19FO4S/c1-21-15-6-5-11(17)9-14(15)16(18)10-7-12-3-2-4-13(8-10)22(12,19)20/h5-6,9-10,12-13H,2-4,7-8H2,1H3. The molecule has 0 radical (unpaired) electrons. The van der Waals surface area contributed by atoms with Crippen molar-refractivity contribution < 1.29 is 22.3 Å². The summed E-state index contributed by atoms with van der Waals surface area (Å²) in [5.74, 6) is -0.726. The topological polar surface area (TPSA) is 60.4 Å². The number of rotatable bonds is 3. The van der Waals surface area contributed by atoms with Crippen LogP contribution in [0.3, 0.4) is 0 Å². The smallest absolute Gasteiger partial charge is 0.169 e. The van der Waals surface area contributed by atoms with E-state index in [2.05, 4.69) is 0 Å². The van der Waals surface area contributed by atoms with Gasteiger partial charge in [-0.25, -0.2) is 12.8 Å². The Morgan fingerprint density at radius 2 is 1.86 bits per heavy atom. The highest BCUT2D eigenvalue weighted by Gasteiger charge is 2.46. The molecule has 2 aliphatic heterocycles. The molecule has 2 unspecified atom stereocenters. The fraction of sp³-hybridized carbons (Fsp3) is 0.562. The summed E-state index contributed by atoms with van der Waals surface area (Å²) in [5.41, 5.74) is 0.213. The van der Waals surface area contributed by atoms with Crippen LogP contribution in [-0.2, 0) is 9.84 Å². The zero-order chi connectivity index (χ0) is 15.9. The van der Waals surface area contributed by atoms with E-state index in [1.54, 1.807) is 0 Å². The minimum atomic E-state index is -3.10. The highest BCUT2D eigenvalue weighted by molar-refractivity contribution is 7.92. The highest BCUT2D eigenvalue weighted by Crippen LogP contribution is 2.41. The van der Waals surface area contributed by atoms with Crippen LogP contribution < -0.4 is 4.74 Å². The van der Waals surface area contributed by atoms with E-state index in [1.165, 1.54) is 25.3 Å². The Bertz CT molecular complexity index is 678. The zero-order valence-electron chi connectivity index (χ0n) is 12.4. The van der Waals surface area contributed by atoms with E-state index in [4.69, 9.17) is 4.74 Å². The van der Waals surface area contributed by atoms with Crippen molar-refractivity contribution in [2.75, 3.05) is 7.11 Å². The lowest BCUT2D eigenvalue weighted by molar-refractivity contribution is 0.0890. The molecule has 0 spiro atoms. The molecule has 2 aliphatic rings. The molecule has 22 heavy (non-hydrogen) atoms. The predicted molar refractivity (Wildman–Crippen MR) is 80.4 cm³/mol. The Labute approximate surface area is 129 Å². The third-order valence-electron chi connectivity index (χ3n) is 4.87. The third-order valence-corrected chi connectivity index (χ3v) is 7.59. The third kappa shape index (κ3) is 2.53. The van der Waals surface area contributed by atoms with Gasteiger partial charge in [-0.2, -0.15) is 0 Å². The van der Waals surface area contributed by atoms with Gasteiger partial charge in [-0.3, -0.25) is 4.79 Å². The van der Waals surface area contributed by atoms with Gasteiger partial charge in [0.05, 0.1) is 23.2 Å². The minimum absolute atomic E-state index is 0.205. The molecule has 0 saturated carbocycles. The number of ketones is 1. The highest BCUT2D eigenvalue weighted by atomic mass is 32.2. The number of Topliss-reactive ketones (excluding diaryl/α,β-unsaturated/α-hetero) is 1. The first-order valence-corrected chi connectivity index (χ1v) is 9.15. The summed E-state index contributed by atoms with van der Waals surface area (Å²) in [6.45, 7) is 0. The van der Waals surface area contributed by atoms with Gasteiger partial charge in [0.25, 0.3) is 0 Å². The van der Waals surface area contributed by atoms with Crippen molar-refractivity contribution in [3.63, 3.8) is 0 Å². The van der Waals surface area contributed by atoms with Gasteiger partial charge in [-0.15, -0.1) is 0 Å². The molecule has 2 fully saturated rings. The van der Waals surface area contributed by atoms with Crippen LogP contribution in [0.2, 0.25) is 0 Å². The summed E-state index contributed by atoms with van der Waals surface area (Å²) < 4.78 is 43.2. The van der Waals surface area contributed by atoms with Gasteiger partial charge in [0.1, 0.15) is 11.6 Å². The Hall–Kier alpha value is -1.43. The second-order valence-corrected chi connectivity index (χ2v) is 8.65. The fourth-order valence-corrected chi connectivity index (χ4v) is 6.25. The summed E-state index contributed by atoms with van der Waals surface area (Å²) in [4.78, 5) is 12.7. The van der Waals surface area contributed by atoms with E-state index < -0.39 is 26.2 Å². The van der Waals surface area contributed by atoms with Crippen LogP contribution >= 0.6 is 0 Å². The van der Waals surface area contributed by atoms with Crippen molar-refractivity contribution in [1.29, 1.82) is 0 Å². The molecule has 2 heterocycles. The summed E-state index contributed by atoms with van der Waals surface area (Å²) in [6.07, 6.45) is 2.85. The number of carbonyl (C=O) groups excluding carboxylic acids is 1. The van der Waals surface area contributed by atoms with E-state index >= 15 is 0 Å². The minimum Gasteiger partial charge on any atom is -0.496 e. The van der Waals surface area contributed by atoms with Crippen molar-refractivity contribution in [3.8, 4) is 5.75 Å². The second kappa shape index (κ2) is 5.65. The predicted octanol–water partition coefficient (Wildman–Crippen LogP) is 2.76. The van der Waals surface area contributed by atoms with Crippen molar-refractivity contribution >= 4 is 15.6 Å². The Kier molecular flexibility index (Phi) is 3.97.